The lowest BCUT2D eigenvalue weighted by molar-refractivity contribution is -0.122. The zero-order chi connectivity index (χ0) is 22.3. The van der Waals surface area contributed by atoms with Crippen molar-refractivity contribution in [3.05, 3.63) is 81.9 Å². The van der Waals surface area contributed by atoms with E-state index in [0.29, 0.717) is 16.3 Å². The van der Waals surface area contributed by atoms with E-state index in [4.69, 9.17) is 23.8 Å². The van der Waals surface area contributed by atoms with Crippen molar-refractivity contribution in [2.45, 2.75) is 20.8 Å². The summed E-state index contributed by atoms with van der Waals surface area (Å²) in [7, 11) is 0. The van der Waals surface area contributed by atoms with E-state index in [0.717, 1.165) is 22.6 Å². The number of aromatic nitrogens is 2. The van der Waals surface area contributed by atoms with Gasteiger partial charge in [0.25, 0.3) is 11.8 Å². The third kappa shape index (κ3) is 3.66. The van der Waals surface area contributed by atoms with Gasteiger partial charge in [0.2, 0.25) is 0 Å². The second-order valence-electron chi connectivity index (χ2n) is 7.21. The highest BCUT2D eigenvalue weighted by atomic mass is 35.5. The van der Waals surface area contributed by atoms with Crippen LogP contribution in [0.15, 0.2) is 54.4 Å². The molecule has 0 atom stereocenters. The number of anilines is 1. The number of carbonyl (C=O) groups is 2. The minimum atomic E-state index is -0.530. The number of hydrogen-bond acceptors (Lipinski definition) is 4. The summed E-state index contributed by atoms with van der Waals surface area (Å²) in [5.74, 6) is -1.03. The van der Waals surface area contributed by atoms with Crippen LogP contribution in [0.3, 0.4) is 0 Å². The molecule has 1 fully saturated rings. The topological polar surface area (TPSA) is 67.2 Å². The Kier molecular flexibility index (Phi) is 5.47. The van der Waals surface area contributed by atoms with Gasteiger partial charge in [-0.25, -0.2) is 0 Å². The number of carbonyl (C=O) groups excluding carboxylic acids is 2. The van der Waals surface area contributed by atoms with Gasteiger partial charge in [0.15, 0.2) is 5.11 Å². The molecule has 1 saturated heterocycles. The Bertz CT molecular complexity index is 1260. The molecule has 4 rings (SSSR count). The van der Waals surface area contributed by atoms with Crippen LogP contribution in [-0.4, -0.2) is 26.5 Å². The van der Waals surface area contributed by atoms with E-state index in [9.17, 15) is 9.59 Å². The van der Waals surface area contributed by atoms with Crippen molar-refractivity contribution in [2.75, 3.05) is 4.90 Å². The smallest absolute Gasteiger partial charge is 0.270 e. The molecule has 0 bridgehead atoms. The average Bonchev–Trinajstić information content (AvgIpc) is 3.02. The van der Waals surface area contributed by atoms with Gasteiger partial charge in [-0.05, 0) is 80.5 Å². The molecule has 2 aromatic heterocycles. The van der Waals surface area contributed by atoms with Gasteiger partial charge in [0.1, 0.15) is 5.57 Å². The lowest BCUT2D eigenvalue weighted by Crippen LogP contribution is -2.54. The van der Waals surface area contributed by atoms with E-state index in [1.807, 2.05) is 36.6 Å². The Morgan fingerprint density at radius 2 is 1.90 bits per heavy atom. The van der Waals surface area contributed by atoms with Gasteiger partial charge in [0, 0.05) is 22.6 Å². The molecule has 0 spiro atoms. The van der Waals surface area contributed by atoms with Crippen LogP contribution in [0.4, 0.5) is 5.69 Å². The van der Waals surface area contributed by atoms with Crippen LogP contribution >= 0.6 is 23.8 Å². The number of hydrogen-bond donors (Lipinski definition) is 1. The van der Waals surface area contributed by atoms with Gasteiger partial charge in [-0.15, -0.1) is 0 Å². The summed E-state index contributed by atoms with van der Waals surface area (Å²) in [5.41, 5.74) is 4.74. The molecule has 6 nitrogen and oxygen atoms in total. The summed E-state index contributed by atoms with van der Waals surface area (Å²) in [6, 6.07) is 11.0. The number of rotatable bonds is 3. The zero-order valence-electron chi connectivity index (χ0n) is 17.1. The summed E-state index contributed by atoms with van der Waals surface area (Å²) in [6.45, 7) is 5.69. The summed E-state index contributed by atoms with van der Waals surface area (Å²) in [6.07, 6.45) is 5.07. The number of amides is 2. The highest BCUT2D eigenvalue weighted by Crippen LogP contribution is 2.30. The Hall–Kier alpha value is -3.29. The van der Waals surface area contributed by atoms with Crippen LogP contribution in [0.5, 0.6) is 0 Å². The van der Waals surface area contributed by atoms with E-state index >= 15 is 0 Å². The van der Waals surface area contributed by atoms with Crippen molar-refractivity contribution in [1.29, 1.82) is 0 Å². The van der Waals surface area contributed by atoms with Gasteiger partial charge < -0.3 is 4.57 Å². The van der Waals surface area contributed by atoms with Gasteiger partial charge in [0.05, 0.1) is 17.6 Å². The lowest BCUT2D eigenvalue weighted by atomic mass is 10.1. The first-order chi connectivity index (χ1) is 14.8. The maximum atomic E-state index is 13.3. The molecule has 3 heterocycles. The second kappa shape index (κ2) is 8.09. The average molecular weight is 451 g/mol. The maximum Gasteiger partial charge on any atom is 0.270 e. The molecule has 0 unspecified atom stereocenters. The SMILES string of the molecule is Cc1c(Cl)cccc1N1C(=O)/C(=C\c2cc(C)n(-c3cccnc3)c2C)C(=O)NC1=S. The van der Waals surface area contributed by atoms with Crippen LogP contribution in [0.25, 0.3) is 11.8 Å². The molecule has 1 aliphatic heterocycles. The highest BCUT2D eigenvalue weighted by molar-refractivity contribution is 7.80. The molecule has 8 heteroatoms. The number of pyridine rings is 1. The van der Waals surface area contributed by atoms with Crippen molar-refractivity contribution < 1.29 is 9.59 Å². The Morgan fingerprint density at radius 1 is 1.13 bits per heavy atom. The molecule has 1 aromatic carbocycles. The fraction of sp³-hybridized carbons (Fsp3) is 0.130. The van der Waals surface area contributed by atoms with E-state index in [-0.39, 0.29) is 10.7 Å². The quantitative estimate of drug-likeness (QED) is 0.367. The van der Waals surface area contributed by atoms with E-state index in [1.54, 1.807) is 43.6 Å². The van der Waals surface area contributed by atoms with E-state index < -0.39 is 11.8 Å². The van der Waals surface area contributed by atoms with Crippen LogP contribution in [0.2, 0.25) is 5.02 Å². The third-order valence-electron chi connectivity index (χ3n) is 5.26. The maximum absolute atomic E-state index is 13.3. The number of aryl methyl sites for hydroxylation is 1. The first-order valence-electron chi connectivity index (χ1n) is 9.55. The predicted molar refractivity (Wildman–Crippen MR) is 125 cm³/mol. The van der Waals surface area contributed by atoms with E-state index in [1.165, 1.54) is 4.90 Å². The monoisotopic (exact) mass is 450 g/mol. The second-order valence-corrected chi connectivity index (χ2v) is 8.01. The fourth-order valence-corrected chi connectivity index (χ4v) is 4.13. The highest BCUT2D eigenvalue weighted by Gasteiger charge is 2.35. The predicted octanol–water partition coefficient (Wildman–Crippen LogP) is 4.28. The molecule has 1 aliphatic rings. The minimum absolute atomic E-state index is 0.000544. The molecule has 3 aromatic rings. The van der Waals surface area contributed by atoms with Crippen molar-refractivity contribution in [3.63, 3.8) is 0 Å². The normalized spacial score (nSPS) is 15.5. The molecule has 0 aliphatic carbocycles. The fourth-order valence-electron chi connectivity index (χ4n) is 3.69. The molecule has 31 heavy (non-hydrogen) atoms. The zero-order valence-corrected chi connectivity index (χ0v) is 18.7. The summed E-state index contributed by atoms with van der Waals surface area (Å²) >= 11 is 11.5. The Balaban J connectivity index is 1.79. The molecular formula is C23H19ClN4O2S. The van der Waals surface area contributed by atoms with Crippen LogP contribution in [-0.2, 0) is 9.59 Å². The van der Waals surface area contributed by atoms with Crippen LogP contribution in [0, 0.1) is 20.8 Å². The number of benzene rings is 1. The van der Waals surface area contributed by atoms with E-state index in [2.05, 4.69) is 10.3 Å². The molecule has 0 saturated carbocycles. The standard InChI is InChI=1S/C23H19ClN4O2S/c1-13-10-16(15(3)27(13)17-6-5-9-25-12-17)11-18-21(29)26-23(31)28(22(18)30)20-8-4-7-19(24)14(20)2/h4-12H,1-3H3,(H,26,29,31)/b18-11-. The van der Waals surface area contributed by atoms with Crippen molar-refractivity contribution in [1.82, 2.24) is 14.9 Å². The summed E-state index contributed by atoms with van der Waals surface area (Å²) in [5, 5.41) is 3.15. The molecule has 2 amide bonds. The van der Waals surface area contributed by atoms with Crippen LogP contribution in [0.1, 0.15) is 22.5 Å². The molecular weight excluding hydrogens is 432 g/mol. The number of nitrogens with one attached hydrogen (secondary N) is 1. The first-order valence-corrected chi connectivity index (χ1v) is 10.3. The molecule has 0 radical (unpaired) electrons. The van der Waals surface area contributed by atoms with Gasteiger partial charge in [-0.2, -0.15) is 0 Å². The Labute approximate surface area is 190 Å². The molecule has 156 valence electrons. The van der Waals surface area contributed by atoms with Gasteiger partial charge in [-0.3, -0.25) is 24.8 Å². The lowest BCUT2D eigenvalue weighted by Gasteiger charge is -2.30. The van der Waals surface area contributed by atoms with Crippen LogP contribution < -0.4 is 10.2 Å². The van der Waals surface area contributed by atoms with Crippen molar-refractivity contribution >= 4 is 52.5 Å². The summed E-state index contributed by atoms with van der Waals surface area (Å²) in [4.78, 5) is 31.5. The van der Waals surface area contributed by atoms with Crippen molar-refractivity contribution in [2.24, 2.45) is 0 Å². The largest absolute Gasteiger partial charge is 0.316 e. The third-order valence-corrected chi connectivity index (χ3v) is 5.95. The van der Waals surface area contributed by atoms with Gasteiger partial charge in [-0.1, -0.05) is 17.7 Å². The summed E-state index contributed by atoms with van der Waals surface area (Å²) < 4.78 is 2.02. The number of thiocarbonyl (C=S) groups is 1. The Morgan fingerprint density at radius 3 is 2.61 bits per heavy atom. The number of nitrogens with zero attached hydrogens (tertiary/aromatic N) is 3. The van der Waals surface area contributed by atoms with Gasteiger partial charge >= 0.3 is 0 Å². The minimum Gasteiger partial charge on any atom is -0.316 e. The first kappa shape index (κ1) is 21.0. The van der Waals surface area contributed by atoms with Crippen molar-refractivity contribution in [3.8, 4) is 5.69 Å². The molecule has 1 N–H and O–H groups in total. The number of halogens is 1.